The van der Waals surface area contributed by atoms with E-state index in [0.717, 1.165) is 32.7 Å². The molecule has 11 rings (SSSR count). The van der Waals surface area contributed by atoms with Gasteiger partial charge in [0.15, 0.2) is 0 Å². The van der Waals surface area contributed by atoms with Crippen LogP contribution in [-0.4, -0.2) is 0 Å². The molecule has 0 bridgehead atoms. The first-order valence-corrected chi connectivity index (χ1v) is 18.0. The van der Waals surface area contributed by atoms with Crippen molar-refractivity contribution >= 4 is 71.7 Å². The molecule has 258 valence electrons. The summed E-state index contributed by atoms with van der Waals surface area (Å²) in [5.41, 5.74) is 5.14. The zero-order valence-corrected chi connectivity index (χ0v) is 29.2. The second-order valence-corrected chi connectivity index (χ2v) is 13.5. The van der Waals surface area contributed by atoms with Crippen molar-refractivity contribution in [3.05, 3.63) is 200 Å². The summed E-state index contributed by atoms with van der Waals surface area (Å²) in [4.78, 5) is 1.35. The number of para-hydroxylation sites is 1. The van der Waals surface area contributed by atoms with Crippen molar-refractivity contribution in [2.75, 3.05) is 4.90 Å². The van der Waals surface area contributed by atoms with Crippen LogP contribution in [0.1, 0.15) is 11.0 Å². The summed E-state index contributed by atoms with van der Waals surface area (Å²) in [5, 5.41) is 4.63. The number of hydrogen-bond donors (Lipinski definition) is 0. The molecule has 0 saturated carbocycles. The topological polar surface area (TPSA) is 29.5 Å². The minimum Gasteiger partial charge on any atom is -0.456 e. The molecule has 0 amide bonds. The predicted octanol–water partition coefficient (Wildman–Crippen LogP) is 15.1. The van der Waals surface area contributed by atoms with Crippen LogP contribution in [0.3, 0.4) is 0 Å². The van der Waals surface area contributed by atoms with Gasteiger partial charge in [-0.3, -0.25) is 0 Å². The van der Waals surface area contributed by atoms with E-state index >= 15 is 0 Å². The van der Waals surface area contributed by atoms with Gasteiger partial charge in [-0.1, -0.05) is 139 Å². The maximum atomic E-state index is 9.68. The van der Waals surface area contributed by atoms with Gasteiger partial charge in [0.1, 0.15) is 22.3 Å². The molecule has 0 radical (unpaired) electrons. The summed E-state index contributed by atoms with van der Waals surface area (Å²) in [5.74, 6) is 0. The molecule has 0 aliphatic rings. The molecule has 55 heavy (non-hydrogen) atoms. The minimum atomic E-state index is -0.434. The van der Waals surface area contributed by atoms with Crippen LogP contribution >= 0.6 is 0 Å². The molecule has 2 heterocycles. The zero-order chi connectivity index (χ0) is 43.3. The number of anilines is 3. The van der Waals surface area contributed by atoms with Crippen LogP contribution in [0.4, 0.5) is 17.1 Å². The van der Waals surface area contributed by atoms with Gasteiger partial charge in [0.05, 0.1) is 22.0 Å². The van der Waals surface area contributed by atoms with E-state index < -0.39 is 24.2 Å². The molecule has 0 N–H and O–H groups in total. The van der Waals surface area contributed by atoms with E-state index in [1.807, 2.05) is 103 Å². The SMILES string of the molecule is [2H]c1c([2H])c(N(c2c([2H])c([2H])c(-c3ccc4oc5ccccc5c4c3)c([2H])c2[2H])c2cccc3oc4c5ccccc5ccc4c23)c([2H])c([2H])c1-c1ccc(-c2ccccc2)cc1. The molecule has 3 nitrogen and oxygen atoms in total. The average Bonchev–Trinajstić information content (AvgIpc) is 3.89. The van der Waals surface area contributed by atoms with Gasteiger partial charge in [-0.25, -0.2) is 0 Å². The zero-order valence-electron chi connectivity index (χ0n) is 37.2. The smallest absolute Gasteiger partial charge is 0.143 e. The Labute approximate surface area is 329 Å². The van der Waals surface area contributed by atoms with E-state index in [9.17, 15) is 11.0 Å². The monoisotopic (exact) mass is 711 g/mol. The predicted molar refractivity (Wildman–Crippen MR) is 229 cm³/mol. The van der Waals surface area contributed by atoms with Crippen LogP contribution < -0.4 is 4.90 Å². The highest BCUT2D eigenvalue weighted by atomic mass is 16.3. The lowest BCUT2D eigenvalue weighted by Gasteiger charge is -2.26. The number of hydrogen-bond acceptors (Lipinski definition) is 3. The summed E-state index contributed by atoms with van der Waals surface area (Å²) in [6.07, 6.45) is 0. The van der Waals surface area contributed by atoms with E-state index in [2.05, 4.69) is 0 Å². The van der Waals surface area contributed by atoms with Gasteiger partial charge >= 0.3 is 0 Å². The Hall–Kier alpha value is -7.36. The van der Waals surface area contributed by atoms with Gasteiger partial charge in [0.2, 0.25) is 0 Å². The second kappa shape index (κ2) is 12.6. The summed E-state index contributed by atoms with van der Waals surface area (Å²) in [7, 11) is 0. The number of fused-ring (bicyclic) bond motifs is 8. The number of rotatable bonds is 6. The van der Waals surface area contributed by atoms with Crippen LogP contribution in [0, 0.1) is 0 Å². The molecule has 2 aromatic heterocycles. The van der Waals surface area contributed by atoms with E-state index in [1.165, 1.54) is 4.90 Å². The van der Waals surface area contributed by atoms with Crippen molar-refractivity contribution in [3.8, 4) is 33.4 Å². The van der Waals surface area contributed by atoms with Crippen molar-refractivity contribution in [2.45, 2.75) is 0 Å². The van der Waals surface area contributed by atoms with Gasteiger partial charge in [0.25, 0.3) is 0 Å². The molecule has 0 unspecified atom stereocenters. The Kier molecular flexibility index (Phi) is 5.53. The van der Waals surface area contributed by atoms with Crippen molar-refractivity contribution in [1.82, 2.24) is 0 Å². The van der Waals surface area contributed by atoms with Crippen LogP contribution in [-0.2, 0) is 0 Å². The fraction of sp³-hybridized carbons (Fsp3) is 0. The first-order chi connectivity index (χ1) is 30.6. The third-order valence-corrected chi connectivity index (χ3v) is 10.2. The van der Waals surface area contributed by atoms with Crippen LogP contribution in [0.25, 0.3) is 88.0 Å². The van der Waals surface area contributed by atoms with Crippen molar-refractivity contribution < 1.29 is 19.8 Å². The van der Waals surface area contributed by atoms with Crippen molar-refractivity contribution in [2.24, 2.45) is 0 Å². The van der Waals surface area contributed by atoms with Crippen molar-refractivity contribution in [1.29, 1.82) is 0 Å². The first kappa shape index (κ1) is 24.1. The highest BCUT2D eigenvalue weighted by Crippen LogP contribution is 2.45. The highest BCUT2D eigenvalue weighted by molar-refractivity contribution is 6.19. The summed E-state index contributed by atoms with van der Waals surface area (Å²) in [6.45, 7) is 0. The second-order valence-electron chi connectivity index (χ2n) is 13.5. The third kappa shape index (κ3) is 5.28. The fourth-order valence-electron chi connectivity index (χ4n) is 7.54. The molecule has 0 saturated heterocycles. The molecule has 3 heteroatoms. The lowest BCUT2D eigenvalue weighted by Crippen LogP contribution is -2.10. The van der Waals surface area contributed by atoms with Gasteiger partial charge in [0, 0.05) is 32.9 Å². The Balaban J connectivity index is 1.17. The maximum Gasteiger partial charge on any atom is 0.143 e. The first-order valence-electron chi connectivity index (χ1n) is 22.0. The van der Waals surface area contributed by atoms with Crippen molar-refractivity contribution in [3.63, 3.8) is 0 Å². The van der Waals surface area contributed by atoms with E-state index in [4.69, 9.17) is 8.83 Å². The minimum absolute atomic E-state index is 0.0631. The molecule has 9 aromatic carbocycles. The lowest BCUT2D eigenvalue weighted by atomic mass is 9.99. The molecule has 0 spiro atoms. The lowest BCUT2D eigenvalue weighted by molar-refractivity contribution is 0.669. The third-order valence-electron chi connectivity index (χ3n) is 10.2. The highest BCUT2D eigenvalue weighted by Gasteiger charge is 2.21. The van der Waals surface area contributed by atoms with Gasteiger partial charge in [-0.05, 0) is 99.3 Å². The molecule has 0 aliphatic heterocycles. The molecule has 11 aromatic rings. The van der Waals surface area contributed by atoms with E-state index in [-0.39, 0.29) is 46.7 Å². The summed E-state index contributed by atoms with van der Waals surface area (Å²) in [6, 6.07) is 43.8. The van der Waals surface area contributed by atoms with E-state index in [0.29, 0.717) is 49.9 Å². The van der Waals surface area contributed by atoms with E-state index in [1.54, 1.807) is 48.5 Å². The molecular formula is C52H33NO2. The van der Waals surface area contributed by atoms with Crippen LogP contribution in [0.2, 0.25) is 0 Å². The Morgan fingerprint density at radius 2 is 0.945 bits per heavy atom. The summed E-state index contributed by atoms with van der Waals surface area (Å²) >= 11 is 0. The van der Waals surface area contributed by atoms with Crippen LogP contribution in [0.15, 0.2) is 209 Å². The Morgan fingerprint density at radius 3 is 1.71 bits per heavy atom. The maximum absolute atomic E-state index is 9.68. The molecule has 0 atom stereocenters. The normalized spacial score (nSPS) is 13.7. The number of furan rings is 2. The Morgan fingerprint density at radius 1 is 0.364 bits per heavy atom. The Bertz CT molecular complexity index is 3620. The van der Waals surface area contributed by atoms with Crippen LogP contribution in [0.5, 0.6) is 0 Å². The standard InChI is InChI=1S/C52H33NO2/c1-2-9-34(10-3-1)35-17-19-36(20-18-35)37-21-27-41(28-22-37)53(47-14-8-16-50-51(47)45-31-25-39-11-4-5-12-43(39)52(45)55-50)42-29-23-38(24-30-42)40-26-32-49-46(33-40)44-13-6-7-15-48(44)54-49/h1-33H/i21D,22D,23D,24D,27D,28D,29D,30D. The fourth-order valence-corrected chi connectivity index (χ4v) is 7.54. The largest absolute Gasteiger partial charge is 0.456 e. The van der Waals surface area contributed by atoms with Gasteiger partial charge in [-0.2, -0.15) is 0 Å². The summed E-state index contributed by atoms with van der Waals surface area (Å²) < 4.78 is 89.1. The van der Waals surface area contributed by atoms with Gasteiger partial charge in [-0.15, -0.1) is 0 Å². The number of nitrogens with zero attached hydrogens (tertiary/aromatic N) is 1. The number of benzene rings is 9. The molecular weight excluding hydrogens is 671 g/mol. The quantitative estimate of drug-likeness (QED) is 0.172. The van der Waals surface area contributed by atoms with Gasteiger partial charge < -0.3 is 13.7 Å². The molecule has 0 aliphatic carbocycles. The average molecular weight is 712 g/mol. The molecule has 0 fully saturated rings.